The quantitative estimate of drug-likeness (QED) is 0.734. The third-order valence-corrected chi connectivity index (χ3v) is 3.86. The van der Waals surface area contributed by atoms with Crippen molar-refractivity contribution < 1.29 is 13.6 Å². The molecule has 2 amide bonds. The molecule has 0 aliphatic heterocycles. The number of nitriles is 1. The van der Waals surface area contributed by atoms with Crippen LogP contribution in [0.1, 0.15) is 28.5 Å². The predicted molar refractivity (Wildman–Crippen MR) is 93.5 cm³/mol. The molecule has 3 aromatic rings. The van der Waals surface area contributed by atoms with E-state index in [1.165, 1.54) is 18.4 Å². The van der Waals surface area contributed by atoms with Gasteiger partial charge in [-0.05, 0) is 29.8 Å². The zero-order valence-electron chi connectivity index (χ0n) is 13.8. The number of amides is 2. The minimum Gasteiger partial charge on any atom is -0.467 e. The summed E-state index contributed by atoms with van der Waals surface area (Å²) in [6, 6.07) is 18.0. The fraction of sp³-hybridized carbons (Fsp3) is 0.100. The van der Waals surface area contributed by atoms with Gasteiger partial charge < -0.3 is 15.1 Å². The highest BCUT2D eigenvalue weighted by molar-refractivity contribution is 5.75. The smallest absolute Gasteiger partial charge is 0.315 e. The zero-order chi connectivity index (χ0) is 18.4. The van der Waals surface area contributed by atoms with Gasteiger partial charge in [-0.25, -0.2) is 9.18 Å². The van der Waals surface area contributed by atoms with E-state index in [4.69, 9.17) is 9.68 Å². The number of benzene rings is 2. The monoisotopic (exact) mass is 349 g/mol. The van der Waals surface area contributed by atoms with E-state index >= 15 is 0 Å². The summed E-state index contributed by atoms with van der Waals surface area (Å²) < 4.78 is 19.3. The number of urea groups is 1. The maximum Gasteiger partial charge on any atom is 0.315 e. The molecule has 0 saturated carbocycles. The number of hydrogen-bond acceptors (Lipinski definition) is 3. The van der Waals surface area contributed by atoms with Gasteiger partial charge in [-0.15, -0.1) is 0 Å². The third kappa shape index (κ3) is 4.08. The maximum absolute atomic E-state index is 13.9. The van der Waals surface area contributed by atoms with Gasteiger partial charge in [0.1, 0.15) is 17.6 Å². The first-order valence-corrected chi connectivity index (χ1v) is 7.98. The molecule has 2 aromatic carbocycles. The molecule has 130 valence electrons. The Morgan fingerprint density at radius 1 is 1.15 bits per heavy atom. The van der Waals surface area contributed by atoms with E-state index in [9.17, 15) is 9.18 Å². The lowest BCUT2D eigenvalue weighted by Gasteiger charge is -2.18. The second kappa shape index (κ2) is 7.99. The van der Waals surface area contributed by atoms with Gasteiger partial charge in [-0.3, -0.25) is 0 Å². The first-order chi connectivity index (χ1) is 12.7. The van der Waals surface area contributed by atoms with Crippen molar-refractivity contribution in [3.05, 3.63) is 95.2 Å². The molecule has 0 radical (unpaired) electrons. The van der Waals surface area contributed by atoms with E-state index in [-0.39, 0.29) is 12.1 Å². The molecule has 0 unspecified atom stereocenters. The van der Waals surface area contributed by atoms with Crippen molar-refractivity contribution in [2.24, 2.45) is 0 Å². The standard InChI is InChI=1S/C20H16FN3O2/c21-17-11-14(12-22)8-9-16(17)13-23-20(25)24-19(18-7-4-10-26-18)15-5-2-1-3-6-15/h1-11,19H,13H2,(H2,23,24,25)/t19-/m1/s1. The zero-order valence-corrected chi connectivity index (χ0v) is 13.8. The van der Waals surface area contributed by atoms with Gasteiger partial charge in [0.2, 0.25) is 0 Å². The fourth-order valence-corrected chi connectivity index (χ4v) is 2.54. The summed E-state index contributed by atoms with van der Waals surface area (Å²) in [7, 11) is 0. The van der Waals surface area contributed by atoms with Crippen molar-refractivity contribution in [2.45, 2.75) is 12.6 Å². The molecule has 0 aliphatic carbocycles. The summed E-state index contributed by atoms with van der Waals surface area (Å²) in [6.45, 7) is 0.00302. The van der Waals surface area contributed by atoms with E-state index in [0.717, 1.165) is 11.6 Å². The van der Waals surface area contributed by atoms with Gasteiger partial charge in [0.05, 0.1) is 17.9 Å². The Morgan fingerprint density at radius 3 is 2.62 bits per heavy atom. The van der Waals surface area contributed by atoms with Crippen LogP contribution in [-0.4, -0.2) is 6.03 Å². The molecule has 0 saturated heterocycles. The minimum absolute atomic E-state index is 0.00302. The third-order valence-electron chi connectivity index (χ3n) is 3.86. The first kappa shape index (κ1) is 17.2. The van der Waals surface area contributed by atoms with Crippen LogP contribution < -0.4 is 10.6 Å². The molecule has 0 bridgehead atoms. The van der Waals surface area contributed by atoms with Crippen molar-refractivity contribution in [3.8, 4) is 6.07 Å². The van der Waals surface area contributed by atoms with Crippen molar-refractivity contribution in [3.63, 3.8) is 0 Å². The van der Waals surface area contributed by atoms with Crippen molar-refractivity contribution in [2.75, 3.05) is 0 Å². The highest BCUT2D eigenvalue weighted by atomic mass is 19.1. The number of furan rings is 1. The summed E-state index contributed by atoms with van der Waals surface area (Å²) in [5.41, 5.74) is 1.40. The number of rotatable bonds is 5. The number of carbonyl (C=O) groups excluding carboxylic acids is 1. The molecule has 0 aliphatic rings. The van der Waals surface area contributed by atoms with E-state index < -0.39 is 17.9 Å². The Hall–Kier alpha value is -3.59. The second-order valence-corrected chi connectivity index (χ2v) is 5.60. The van der Waals surface area contributed by atoms with Gasteiger partial charge in [0.25, 0.3) is 0 Å². The molecule has 1 aromatic heterocycles. The van der Waals surface area contributed by atoms with Crippen LogP contribution in [0.3, 0.4) is 0 Å². The molecule has 26 heavy (non-hydrogen) atoms. The molecule has 1 heterocycles. The van der Waals surface area contributed by atoms with E-state index in [1.54, 1.807) is 12.1 Å². The number of nitrogens with one attached hydrogen (secondary N) is 2. The molecule has 0 fully saturated rings. The molecule has 0 spiro atoms. The normalized spacial score (nSPS) is 11.4. The summed E-state index contributed by atoms with van der Waals surface area (Å²) in [4.78, 5) is 12.3. The van der Waals surface area contributed by atoms with Crippen LogP contribution in [0.25, 0.3) is 0 Å². The Balaban J connectivity index is 1.68. The average Bonchev–Trinajstić information content (AvgIpc) is 3.20. The lowest BCUT2D eigenvalue weighted by atomic mass is 10.0. The molecular weight excluding hydrogens is 333 g/mol. The average molecular weight is 349 g/mol. The van der Waals surface area contributed by atoms with Crippen LogP contribution in [0.15, 0.2) is 71.3 Å². The first-order valence-electron chi connectivity index (χ1n) is 7.98. The highest BCUT2D eigenvalue weighted by Crippen LogP contribution is 2.22. The van der Waals surface area contributed by atoms with Crippen LogP contribution in [0.2, 0.25) is 0 Å². The van der Waals surface area contributed by atoms with Crippen molar-refractivity contribution >= 4 is 6.03 Å². The molecule has 1 atom stereocenters. The van der Waals surface area contributed by atoms with Gasteiger partial charge in [-0.2, -0.15) is 5.26 Å². The second-order valence-electron chi connectivity index (χ2n) is 5.60. The van der Waals surface area contributed by atoms with Gasteiger partial charge in [-0.1, -0.05) is 36.4 Å². The van der Waals surface area contributed by atoms with Crippen molar-refractivity contribution in [1.29, 1.82) is 5.26 Å². The van der Waals surface area contributed by atoms with E-state index in [1.807, 2.05) is 36.4 Å². The fourth-order valence-electron chi connectivity index (χ4n) is 2.54. The maximum atomic E-state index is 13.9. The summed E-state index contributed by atoms with van der Waals surface area (Å²) in [5.74, 6) is 0.0610. The molecule has 2 N–H and O–H groups in total. The van der Waals surface area contributed by atoms with Crippen LogP contribution in [-0.2, 0) is 6.54 Å². The van der Waals surface area contributed by atoms with Gasteiger partial charge in [0, 0.05) is 12.1 Å². The molecule has 6 heteroatoms. The van der Waals surface area contributed by atoms with Crippen molar-refractivity contribution in [1.82, 2.24) is 10.6 Å². The topological polar surface area (TPSA) is 78.1 Å². The van der Waals surface area contributed by atoms with E-state index in [0.29, 0.717) is 11.3 Å². The number of halogens is 1. The van der Waals surface area contributed by atoms with Gasteiger partial charge in [0.15, 0.2) is 0 Å². The molecular formula is C20H16FN3O2. The molecule has 5 nitrogen and oxygen atoms in total. The Morgan fingerprint density at radius 2 is 1.96 bits per heavy atom. The number of hydrogen-bond donors (Lipinski definition) is 2. The Kier molecular flexibility index (Phi) is 5.30. The largest absolute Gasteiger partial charge is 0.467 e. The number of carbonyl (C=O) groups is 1. The van der Waals surface area contributed by atoms with E-state index in [2.05, 4.69) is 10.6 Å². The molecule has 3 rings (SSSR count). The SMILES string of the molecule is N#Cc1ccc(CNC(=O)N[C@H](c2ccccc2)c2ccco2)c(F)c1. The highest BCUT2D eigenvalue weighted by Gasteiger charge is 2.19. The Labute approximate surface area is 150 Å². The summed E-state index contributed by atoms with van der Waals surface area (Å²) >= 11 is 0. The lowest BCUT2D eigenvalue weighted by Crippen LogP contribution is -2.38. The van der Waals surface area contributed by atoms with Crippen LogP contribution >= 0.6 is 0 Å². The predicted octanol–water partition coefficient (Wildman–Crippen LogP) is 3.88. The summed E-state index contributed by atoms with van der Waals surface area (Å²) in [6.07, 6.45) is 1.54. The van der Waals surface area contributed by atoms with Crippen LogP contribution in [0.4, 0.5) is 9.18 Å². The van der Waals surface area contributed by atoms with Crippen LogP contribution in [0.5, 0.6) is 0 Å². The number of nitrogens with zero attached hydrogens (tertiary/aromatic N) is 1. The Bertz CT molecular complexity index is 918. The summed E-state index contributed by atoms with van der Waals surface area (Å²) in [5, 5.41) is 14.2. The minimum atomic E-state index is -0.532. The van der Waals surface area contributed by atoms with Gasteiger partial charge >= 0.3 is 6.03 Å². The van der Waals surface area contributed by atoms with Crippen LogP contribution in [0, 0.1) is 17.1 Å². The lowest BCUT2D eigenvalue weighted by molar-refractivity contribution is 0.236.